The van der Waals surface area contributed by atoms with Crippen molar-refractivity contribution >= 4 is 22.8 Å². The Kier molecular flexibility index (Phi) is 5.37. The average molecular weight is 376 g/mol. The number of allylic oxidation sites excluding steroid dienone is 3. The number of fused-ring (bicyclic) bond motifs is 1. The van der Waals surface area contributed by atoms with Crippen molar-refractivity contribution in [3.63, 3.8) is 0 Å². The third-order valence-corrected chi connectivity index (χ3v) is 4.98. The lowest BCUT2D eigenvalue weighted by Gasteiger charge is -2.19. The van der Waals surface area contributed by atoms with Crippen LogP contribution in [-0.4, -0.2) is 29.1 Å². The first-order chi connectivity index (χ1) is 13.7. The van der Waals surface area contributed by atoms with Crippen molar-refractivity contribution in [2.24, 2.45) is 22.8 Å². The molecular formula is C22H27N6+. The van der Waals surface area contributed by atoms with Gasteiger partial charge in [0.1, 0.15) is 12.4 Å². The summed E-state index contributed by atoms with van der Waals surface area (Å²) >= 11 is 0. The first-order valence-electron chi connectivity index (χ1n) is 9.84. The Hall–Kier alpha value is -3.15. The van der Waals surface area contributed by atoms with Gasteiger partial charge in [-0.25, -0.2) is 14.1 Å². The fraction of sp³-hybridized carbons (Fsp3) is 0.318. The van der Waals surface area contributed by atoms with E-state index in [2.05, 4.69) is 56.4 Å². The van der Waals surface area contributed by atoms with Gasteiger partial charge in [-0.05, 0) is 54.8 Å². The van der Waals surface area contributed by atoms with Gasteiger partial charge in [0.05, 0.1) is 36.4 Å². The van der Waals surface area contributed by atoms with Crippen molar-refractivity contribution < 1.29 is 4.57 Å². The maximum absolute atomic E-state index is 6.18. The minimum atomic E-state index is 0.685. The van der Waals surface area contributed by atoms with E-state index in [-0.39, 0.29) is 0 Å². The van der Waals surface area contributed by atoms with Gasteiger partial charge in [0, 0.05) is 25.2 Å². The summed E-state index contributed by atoms with van der Waals surface area (Å²) in [6.07, 6.45) is 13.5. The predicted octanol–water partition coefficient (Wildman–Crippen LogP) is 2.90. The number of rotatable bonds is 6. The van der Waals surface area contributed by atoms with E-state index < -0.39 is 0 Å². The number of anilines is 1. The quantitative estimate of drug-likeness (QED) is 0.463. The molecule has 0 unspecified atom stereocenters. The molecule has 0 saturated carbocycles. The Morgan fingerprint density at radius 3 is 2.89 bits per heavy atom. The number of imidazole rings is 1. The van der Waals surface area contributed by atoms with Gasteiger partial charge in [0.2, 0.25) is 6.33 Å². The maximum Gasteiger partial charge on any atom is 0.243 e. The van der Waals surface area contributed by atoms with Crippen LogP contribution >= 0.6 is 0 Å². The maximum atomic E-state index is 6.18. The molecule has 1 aliphatic heterocycles. The second-order valence-electron chi connectivity index (χ2n) is 7.28. The third kappa shape index (κ3) is 4.39. The molecule has 28 heavy (non-hydrogen) atoms. The molecule has 2 aromatic rings. The molecule has 1 aromatic carbocycles. The molecule has 4 rings (SSSR count). The van der Waals surface area contributed by atoms with Gasteiger partial charge in [-0.1, -0.05) is 0 Å². The second kappa shape index (κ2) is 8.25. The van der Waals surface area contributed by atoms with Crippen molar-refractivity contribution in [2.45, 2.75) is 25.8 Å². The molecule has 6 heteroatoms. The number of nitrogens with zero attached hydrogens (tertiary/aromatic N) is 4. The molecule has 2 aliphatic rings. The summed E-state index contributed by atoms with van der Waals surface area (Å²) < 4.78 is 4.25. The number of benzene rings is 1. The molecule has 1 aromatic heterocycles. The molecule has 3 N–H and O–H groups in total. The van der Waals surface area contributed by atoms with E-state index in [0.717, 1.165) is 61.7 Å². The van der Waals surface area contributed by atoms with Crippen LogP contribution in [-0.2, 0) is 13.6 Å². The van der Waals surface area contributed by atoms with Crippen LogP contribution in [0.3, 0.4) is 0 Å². The summed E-state index contributed by atoms with van der Waals surface area (Å²) in [5, 5.41) is 3.47. The Morgan fingerprint density at radius 2 is 2.11 bits per heavy atom. The van der Waals surface area contributed by atoms with E-state index in [9.17, 15) is 0 Å². The Morgan fingerprint density at radius 1 is 1.25 bits per heavy atom. The van der Waals surface area contributed by atoms with Crippen LogP contribution in [0.25, 0.3) is 0 Å². The summed E-state index contributed by atoms with van der Waals surface area (Å²) in [7, 11) is 2.04. The molecule has 0 fully saturated rings. The summed E-state index contributed by atoms with van der Waals surface area (Å²) in [6, 6.07) is 8.19. The van der Waals surface area contributed by atoms with Gasteiger partial charge in [0.15, 0.2) is 0 Å². The topological polar surface area (TPSA) is 71.6 Å². The minimum Gasteiger partial charge on any atom is -0.397 e. The van der Waals surface area contributed by atoms with Crippen molar-refractivity contribution in [3.05, 3.63) is 66.4 Å². The summed E-state index contributed by atoms with van der Waals surface area (Å²) in [5.41, 5.74) is 12.0. The van der Waals surface area contributed by atoms with Crippen LogP contribution in [0.2, 0.25) is 0 Å². The number of nitrogens with one attached hydrogen (secondary N) is 1. The summed E-state index contributed by atoms with van der Waals surface area (Å²) in [6.45, 7) is 2.83. The summed E-state index contributed by atoms with van der Waals surface area (Å²) in [5.74, 6) is 0. The van der Waals surface area contributed by atoms with Gasteiger partial charge in [0.25, 0.3) is 0 Å². The van der Waals surface area contributed by atoms with Crippen LogP contribution in [0.5, 0.6) is 0 Å². The molecular weight excluding hydrogens is 348 g/mol. The molecule has 0 atom stereocenters. The number of aryl methyl sites for hydroxylation is 2. The molecule has 0 amide bonds. The number of aromatic nitrogens is 2. The van der Waals surface area contributed by atoms with E-state index in [1.807, 2.05) is 25.3 Å². The Labute approximate surface area is 165 Å². The van der Waals surface area contributed by atoms with Gasteiger partial charge < -0.3 is 11.1 Å². The number of nitrogens with two attached hydrogens (primary N) is 1. The van der Waals surface area contributed by atoms with Gasteiger partial charge >= 0.3 is 0 Å². The molecule has 0 radical (unpaired) electrons. The fourth-order valence-corrected chi connectivity index (χ4v) is 3.47. The smallest absolute Gasteiger partial charge is 0.243 e. The van der Waals surface area contributed by atoms with E-state index in [0.29, 0.717) is 5.70 Å². The van der Waals surface area contributed by atoms with Crippen molar-refractivity contribution in [2.75, 3.05) is 18.4 Å². The normalized spacial score (nSPS) is 17.6. The first-order valence-corrected chi connectivity index (χ1v) is 9.84. The average Bonchev–Trinajstić information content (AvgIpc) is 3.12. The molecule has 2 heterocycles. The monoisotopic (exact) mass is 375 g/mol. The largest absolute Gasteiger partial charge is 0.397 e. The summed E-state index contributed by atoms with van der Waals surface area (Å²) in [4.78, 5) is 9.27. The lowest BCUT2D eigenvalue weighted by Crippen LogP contribution is -2.23. The van der Waals surface area contributed by atoms with Crippen LogP contribution in [0, 0.1) is 0 Å². The SMILES string of the molecule is C[n+]1ccn(CCCNc2ccc(N=C3C=C4CCCN=C4C=C3N)cc2)c1. The van der Waals surface area contributed by atoms with Crippen LogP contribution < -0.4 is 15.6 Å². The molecule has 1 aliphatic carbocycles. The van der Waals surface area contributed by atoms with E-state index in [1.165, 1.54) is 5.57 Å². The van der Waals surface area contributed by atoms with Gasteiger partial charge in [-0.15, -0.1) is 0 Å². The van der Waals surface area contributed by atoms with Crippen molar-refractivity contribution in [3.8, 4) is 0 Å². The van der Waals surface area contributed by atoms with Crippen molar-refractivity contribution in [1.29, 1.82) is 0 Å². The number of hydrogen-bond donors (Lipinski definition) is 2. The van der Waals surface area contributed by atoms with E-state index >= 15 is 0 Å². The van der Waals surface area contributed by atoms with Crippen LogP contribution in [0.1, 0.15) is 19.3 Å². The van der Waals surface area contributed by atoms with Gasteiger partial charge in [-0.2, -0.15) is 0 Å². The highest BCUT2D eigenvalue weighted by Crippen LogP contribution is 2.23. The standard InChI is InChI=1S/C22H27N6/c1-27-12-13-28(16-27)11-3-10-24-18-5-7-19(8-6-18)26-22-14-17-4-2-9-25-21(17)15-20(22)23/h5-8,12-16,24H,2-4,9-11,23H2,1H3/q+1. The zero-order chi connectivity index (χ0) is 19.3. The highest BCUT2D eigenvalue weighted by atomic mass is 15.1. The van der Waals surface area contributed by atoms with E-state index in [1.54, 1.807) is 0 Å². The minimum absolute atomic E-state index is 0.685. The molecule has 0 bridgehead atoms. The molecule has 0 saturated heterocycles. The van der Waals surface area contributed by atoms with Crippen molar-refractivity contribution in [1.82, 2.24) is 4.57 Å². The third-order valence-electron chi connectivity index (χ3n) is 4.98. The lowest BCUT2D eigenvalue weighted by molar-refractivity contribution is -0.671. The highest BCUT2D eigenvalue weighted by Gasteiger charge is 2.17. The fourth-order valence-electron chi connectivity index (χ4n) is 3.47. The molecule has 6 nitrogen and oxygen atoms in total. The number of hydrogen-bond acceptors (Lipinski definition) is 4. The highest BCUT2D eigenvalue weighted by molar-refractivity contribution is 6.24. The lowest BCUT2D eigenvalue weighted by atomic mass is 9.94. The molecule has 0 spiro atoms. The zero-order valence-corrected chi connectivity index (χ0v) is 16.3. The second-order valence-corrected chi connectivity index (χ2v) is 7.28. The number of aliphatic imine (C=N–C) groups is 2. The predicted molar refractivity (Wildman–Crippen MR) is 114 cm³/mol. The zero-order valence-electron chi connectivity index (χ0n) is 16.3. The van der Waals surface area contributed by atoms with E-state index in [4.69, 9.17) is 10.7 Å². The van der Waals surface area contributed by atoms with Gasteiger partial charge in [-0.3, -0.25) is 4.99 Å². The Balaban J connectivity index is 1.34. The van der Waals surface area contributed by atoms with Crippen LogP contribution in [0.15, 0.2) is 76.4 Å². The van der Waals surface area contributed by atoms with Crippen LogP contribution in [0.4, 0.5) is 11.4 Å². The Bertz CT molecular complexity index is 959. The first kappa shape index (κ1) is 18.2. The molecule has 144 valence electrons.